The molecule has 0 aliphatic carbocycles. The maximum absolute atomic E-state index is 12.1. The van der Waals surface area contributed by atoms with Gasteiger partial charge in [-0.3, -0.25) is 19.1 Å². The van der Waals surface area contributed by atoms with Crippen LogP contribution in [0.1, 0.15) is 36.7 Å². The first-order valence-corrected chi connectivity index (χ1v) is 8.09. The molecule has 3 N–H and O–H groups in total. The lowest BCUT2D eigenvalue weighted by atomic mass is 9.87. The molecule has 0 saturated heterocycles. The largest absolute Gasteiger partial charge is 0.480 e. The second kappa shape index (κ2) is 7.81. The smallest absolute Gasteiger partial charge is 0.325 e. The highest BCUT2D eigenvalue weighted by Crippen LogP contribution is 2.22. The minimum Gasteiger partial charge on any atom is -0.480 e. The van der Waals surface area contributed by atoms with Crippen LogP contribution in [0.25, 0.3) is 0 Å². The first kappa shape index (κ1) is 19.2. The van der Waals surface area contributed by atoms with Crippen molar-refractivity contribution in [1.29, 1.82) is 0 Å². The van der Waals surface area contributed by atoms with Crippen LogP contribution in [0.2, 0.25) is 0 Å². The molecule has 0 atom stereocenters. The van der Waals surface area contributed by atoms with E-state index in [1.807, 2.05) is 12.1 Å². The number of rotatable bonds is 6. The van der Waals surface area contributed by atoms with E-state index in [0.29, 0.717) is 5.56 Å². The Labute approximate surface area is 151 Å². The number of hydrogen-bond donors (Lipinski definition) is 3. The zero-order chi connectivity index (χ0) is 19.3. The van der Waals surface area contributed by atoms with E-state index in [0.717, 1.165) is 5.56 Å². The van der Waals surface area contributed by atoms with Gasteiger partial charge in [-0.25, -0.2) is 0 Å². The normalized spacial score (nSPS) is 11.0. The molecule has 1 aromatic heterocycles. The molecule has 0 aliphatic heterocycles. The average molecular weight is 358 g/mol. The Bertz CT molecular complexity index is 803. The highest BCUT2D eigenvalue weighted by atomic mass is 16.4. The summed E-state index contributed by atoms with van der Waals surface area (Å²) in [7, 11) is 0. The Balaban J connectivity index is 1.85. The Morgan fingerprint density at radius 2 is 1.77 bits per heavy atom. The van der Waals surface area contributed by atoms with E-state index < -0.39 is 11.9 Å². The molecule has 0 fully saturated rings. The number of nitrogens with one attached hydrogen (secondary N) is 2. The number of carboxylic acids is 1. The number of amides is 2. The molecule has 2 aromatic rings. The van der Waals surface area contributed by atoms with Crippen LogP contribution in [0, 0.1) is 0 Å². The predicted molar refractivity (Wildman–Crippen MR) is 96.0 cm³/mol. The zero-order valence-corrected chi connectivity index (χ0v) is 14.9. The maximum Gasteiger partial charge on any atom is 0.325 e. The van der Waals surface area contributed by atoms with Crippen molar-refractivity contribution in [2.24, 2.45) is 0 Å². The summed E-state index contributed by atoms with van der Waals surface area (Å²) in [5, 5.41) is 17.6. The summed E-state index contributed by atoms with van der Waals surface area (Å²) < 4.78 is 1.19. The van der Waals surface area contributed by atoms with Crippen molar-refractivity contribution in [3.63, 3.8) is 0 Å². The molecule has 138 valence electrons. The monoisotopic (exact) mass is 358 g/mol. The molecule has 8 nitrogen and oxygen atoms in total. The molecule has 2 amide bonds. The van der Waals surface area contributed by atoms with E-state index in [4.69, 9.17) is 5.11 Å². The van der Waals surface area contributed by atoms with Gasteiger partial charge in [0.15, 0.2) is 5.82 Å². The summed E-state index contributed by atoms with van der Waals surface area (Å²) in [6, 6.07) is 8.71. The van der Waals surface area contributed by atoms with Crippen molar-refractivity contribution in [1.82, 2.24) is 15.1 Å². The predicted octanol–water partition coefficient (Wildman–Crippen LogP) is 1.63. The Morgan fingerprint density at radius 3 is 2.35 bits per heavy atom. The van der Waals surface area contributed by atoms with Crippen molar-refractivity contribution >= 4 is 23.6 Å². The van der Waals surface area contributed by atoms with E-state index in [2.05, 4.69) is 36.5 Å². The highest BCUT2D eigenvalue weighted by Gasteiger charge is 2.15. The van der Waals surface area contributed by atoms with E-state index in [1.54, 1.807) is 12.1 Å². The summed E-state index contributed by atoms with van der Waals surface area (Å²) in [5.41, 5.74) is 1.58. The van der Waals surface area contributed by atoms with Gasteiger partial charge in [0, 0.05) is 17.8 Å². The van der Waals surface area contributed by atoms with Crippen molar-refractivity contribution in [2.75, 3.05) is 11.9 Å². The molecular formula is C18H22N4O4. The number of aliphatic carboxylic acids is 1. The number of nitrogens with zero attached hydrogens (tertiary/aromatic N) is 2. The van der Waals surface area contributed by atoms with Crippen LogP contribution < -0.4 is 10.6 Å². The number of carbonyl (C=O) groups excluding carboxylic acids is 2. The topological polar surface area (TPSA) is 113 Å². The van der Waals surface area contributed by atoms with Gasteiger partial charge >= 0.3 is 5.97 Å². The minimum atomic E-state index is -1.03. The number of carbonyl (C=O) groups is 3. The van der Waals surface area contributed by atoms with Crippen LogP contribution in [-0.4, -0.2) is 39.2 Å². The summed E-state index contributed by atoms with van der Waals surface area (Å²) in [6.45, 7) is 5.75. The fourth-order valence-corrected chi connectivity index (χ4v) is 2.23. The van der Waals surface area contributed by atoms with Gasteiger partial charge in [0.1, 0.15) is 6.54 Å². The highest BCUT2D eigenvalue weighted by molar-refractivity contribution is 5.99. The van der Waals surface area contributed by atoms with E-state index in [-0.39, 0.29) is 30.2 Å². The molecule has 8 heteroatoms. The molecule has 0 saturated carbocycles. The van der Waals surface area contributed by atoms with Crippen LogP contribution in [0.5, 0.6) is 0 Å². The first-order chi connectivity index (χ1) is 12.1. The molecule has 2 rings (SSSR count). The fourth-order valence-electron chi connectivity index (χ4n) is 2.23. The number of carboxylic acid groups (broad SMARTS) is 1. The van der Waals surface area contributed by atoms with Crippen molar-refractivity contribution < 1.29 is 19.5 Å². The number of anilines is 1. The van der Waals surface area contributed by atoms with Crippen LogP contribution in [-0.2, 0) is 21.5 Å². The summed E-state index contributed by atoms with van der Waals surface area (Å²) in [6.07, 6.45) is 1.44. The third kappa shape index (κ3) is 5.44. The summed E-state index contributed by atoms with van der Waals surface area (Å²) in [4.78, 5) is 34.6. The number of benzene rings is 1. The standard InChI is InChI=1S/C18H22N4O4/c1-18(2,3)13-6-4-12(5-7-13)17(26)19-10-15(23)20-14-8-9-22(21-14)11-16(24)25/h4-9H,10-11H2,1-3H3,(H,19,26)(H,24,25)(H,20,21,23). The first-order valence-electron chi connectivity index (χ1n) is 8.09. The van der Waals surface area contributed by atoms with E-state index in [1.165, 1.54) is 16.9 Å². The third-order valence-electron chi connectivity index (χ3n) is 3.63. The van der Waals surface area contributed by atoms with Crippen molar-refractivity contribution in [3.05, 3.63) is 47.7 Å². The summed E-state index contributed by atoms with van der Waals surface area (Å²) >= 11 is 0. The number of aromatic nitrogens is 2. The minimum absolute atomic E-state index is 0.00105. The summed E-state index contributed by atoms with van der Waals surface area (Å²) in [5.74, 6) is -1.61. The van der Waals surface area contributed by atoms with Crippen LogP contribution in [0.15, 0.2) is 36.5 Å². The van der Waals surface area contributed by atoms with Gasteiger partial charge in [0.25, 0.3) is 5.91 Å². The molecular weight excluding hydrogens is 336 g/mol. The zero-order valence-electron chi connectivity index (χ0n) is 14.9. The molecule has 1 heterocycles. The molecule has 26 heavy (non-hydrogen) atoms. The lowest BCUT2D eigenvalue weighted by Gasteiger charge is -2.19. The Morgan fingerprint density at radius 1 is 1.12 bits per heavy atom. The second-order valence-corrected chi connectivity index (χ2v) is 6.85. The van der Waals surface area contributed by atoms with Crippen molar-refractivity contribution in [3.8, 4) is 0 Å². The van der Waals surface area contributed by atoms with Crippen molar-refractivity contribution in [2.45, 2.75) is 32.7 Å². The molecule has 0 aliphatic rings. The lowest BCUT2D eigenvalue weighted by Crippen LogP contribution is -2.33. The molecule has 0 spiro atoms. The lowest BCUT2D eigenvalue weighted by molar-refractivity contribution is -0.137. The van der Waals surface area contributed by atoms with Gasteiger partial charge in [0.2, 0.25) is 5.91 Å². The van der Waals surface area contributed by atoms with Gasteiger partial charge in [-0.05, 0) is 23.1 Å². The molecule has 0 bridgehead atoms. The SMILES string of the molecule is CC(C)(C)c1ccc(C(=O)NCC(=O)Nc2ccn(CC(=O)O)n2)cc1. The van der Waals surface area contributed by atoms with Crippen LogP contribution in [0.3, 0.4) is 0 Å². The van der Waals surface area contributed by atoms with Gasteiger partial charge < -0.3 is 15.7 Å². The quantitative estimate of drug-likeness (QED) is 0.726. The van der Waals surface area contributed by atoms with Gasteiger partial charge in [0.05, 0.1) is 6.54 Å². The van der Waals surface area contributed by atoms with E-state index in [9.17, 15) is 14.4 Å². The molecule has 0 unspecified atom stereocenters. The van der Waals surface area contributed by atoms with E-state index >= 15 is 0 Å². The molecule has 1 aromatic carbocycles. The Hall–Kier alpha value is -3.16. The number of hydrogen-bond acceptors (Lipinski definition) is 4. The fraction of sp³-hybridized carbons (Fsp3) is 0.333. The maximum atomic E-state index is 12.1. The van der Waals surface area contributed by atoms with Gasteiger partial charge in [-0.1, -0.05) is 32.9 Å². The molecule has 0 radical (unpaired) electrons. The van der Waals surface area contributed by atoms with Crippen LogP contribution in [0.4, 0.5) is 5.82 Å². The van der Waals surface area contributed by atoms with Crippen LogP contribution >= 0.6 is 0 Å². The average Bonchev–Trinajstić information content (AvgIpc) is 2.98. The van der Waals surface area contributed by atoms with Gasteiger partial charge in [-0.2, -0.15) is 5.10 Å². The Kier molecular flexibility index (Phi) is 5.76. The second-order valence-electron chi connectivity index (χ2n) is 6.85. The third-order valence-corrected chi connectivity index (χ3v) is 3.63. The van der Waals surface area contributed by atoms with Gasteiger partial charge in [-0.15, -0.1) is 0 Å².